The topological polar surface area (TPSA) is 29.5 Å². The second kappa shape index (κ2) is 9.17. The molecular formula is C26H28Cl2FNO2. The first kappa shape index (κ1) is 23.3. The number of ether oxygens (including phenoxy) is 1. The van der Waals surface area contributed by atoms with Crippen LogP contribution in [0.15, 0.2) is 55.1 Å². The van der Waals surface area contributed by atoms with Crippen LogP contribution in [-0.2, 0) is 9.53 Å². The zero-order valence-corrected chi connectivity index (χ0v) is 19.9. The second-order valence-corrected chi connectivity index (χ2v) is 9.80. The molecule has 2 aliphatic rings. The summed E-state index contributed by atoms with van der Waals surface area (Å²) in [6.45, 7) is 7.77. The number of rotatable bonds is 7. The predicted molar refractivity (Wildman–Crippen MR) is 126 cm³/mol. The molecule has 0 N–H and O–H groups in total. The molecule has 1 saturated carbocycles. The number of morpholine rings is 1. The van der Waals surface area contributed by atoms with Gasteiger partial charge in [0.1, 0.15) is 17.5 Å². The van der Waals surface area contributed by atoms with Gasteiger partial charge in [-0.1, -0.05) is 54.4 Å². The monoisotopic (exact) mass is 475 g/mol. The Hall–Kier alpha value is -1.88. The van der Waals surface area contributed by atoms with Crippen LogP contribution in [0.4, 0.5) is 4.39 Å². The van der Waals surface area contributed by atoms with E-state index in [9.17, 15) is 9.18 Å². The van der Waals surface area contributed by atoms with Gasteiger partial charge in [-0.3, -0.25) is 4.79 Å². The highest BCUT2D eigenvalue weighted by atomic mass is 35.5. The lowest BCUT2D eigenvalue weighted by molar-refractivity contribution is -0.203. The van der Waals surface area contributed by atoms with Crippen LogP contribution in [0.25, 0.3) is 0 Å². The molecule has 2 aromatic rings. The Morgan fingerprint density at radius 1 is 1.25 bits per heavy atom. The first-order valence-electron chi connectivity index (χ1n) is 11.1. The summed E-state index contributed by atoms with van der Waals surface area (Å²) in [5.74, 6) is -0.162. The van der Waals surface area contributed by atoms with E-state index in [0.29, 0.717) is 22.9 Å². The van der Waals surface area contributed by atoms with Crippen molar-refractivity contribution in [2.24, 2.45) is 5.92 Å². The molecule has 4 atom stereocenters. The molecule has 6 heteroatoms. The fraction of sp³-hybridized carbons (Fsp3) is 0.423. The maximum Gasteiger partial charge on any atom is 0.255 e. The van der Waals surface area contributed by atoms with Crippen molar-refractivity contribution in [2.75, 3.05) is 0 Å². The van der Waals surface area contributed by atoms with Crippen molar-refractivity contribution in [3.8, 4) is 0 Å². The molecule has 0 aromatic heterocycles. The summed E-state index contributed by atoms with van der Waals surface area (Å²) < 4.78 is 21.1. The summed E-state index contributed by atoms with van der Waals surface area (Å²) in [5.41, 5.74) is 0.430. The van der Waals surface area contributed by atoms with Gasteiger partial charge in [-0.25, -0.2) is 4.39 Å². The summed E-state index contributed by atoms with van der Waals surface area (Å²) in [6.07, 6.45) is 4.56. The molecule has 170 valence electrons. The molecule has 1 saturated heterocycles. The van der Waals surface area contributed by atoms with E-state index in [4.69, 9.17) is 27.9 Å². The highest BCUT2D eigenvalue weighted by molar-refractivity contribution is 6.31. The Morgan fingerprint density at radius 3 is 2.59 bits per heavy atom. The fourth-order valence-electron chi connectivity index (χ4n) is 4.91. The molecule has 0 radical (unpaired) electrons. The summed E-state index contributed by atoms with van der Waals surface area (Å²) in [4.78, 5) is 15.9. The molecule has 1 aliphatic carbocycles. The van der Waals surface area contributed by atoms with Crippen molar-refractivity contribution in [1.82, 2.24) is 4.90 Å². The van der Waals surface area contributed by atoms with E-state index in [2.05, 4.69) is 13.5 Å². The lowest BCUT2D eigenvalue weighted by atomic mass is 9.85. The van der Waals surface area contributed by atoms with Gasteiger partial charge < -0.3 is 9.64 Å². The third-order valence-corrected chi connectivity index (χ3v) is 7.14. The van der Waals surface area contributed by atoms with Crippen molar-refractivity contribution >= 4 is 29.1 Å². The standard InChI is InChI=1S/C26H28Cl2FNO2/c1-4-13-26(3)25(31)30(22(5-2)16-9-10-16)23(17-11-12-20(28)21(29)15-17)24(32-26)18-7-6-8-19(27)14-18/h4,6-8,11-12,14-16,22-24H,1,5,9-10,13H2,2-3H3/t22-,23-,24-,26-/m1/s1. The van der Waals surface area contributed by atoms with Crippen molar-refractivity contribution in [2.45, 2.75) is 63.3 Å². The van der Waals surface area contributed by atoms with E-state index < -0.39 is 23.6 Å². The summed E-state index contributed by atoms with van der Waals surface area (Å²) >= 11 is 12.3. The van der Waals surface area contributed by atoms with Gasteiger partial charge in [0, 0.05) is 17.5 Å². The average molecular weight is 476 g/mol. The summed E-state index contributed by atoms with van der Waals surface area (Å²) in [5, 5.41) is 0.628. The molecule has 1 aliphatic heterocycles. The van der Waals surface area contributed by atoms with Crippen molar-refractivity contribution in [3.63, 3.8) is 0 Å². The van der Waals surface area contributed by atoms with Crippen LogP contribution in [0.2, 0.25) is 10.0 Å². The highest BCUT2D eigenvalue weighted by Gasteiger charge is 2.54. The Morgan fingerprint density at radius 2 is 2.00 bits per heavy atom. The quantitative estimate of drug-likeness (QED) is 0.393. The molecule has 0 spiro atoms. The van der Waals surface area contributed by atoms with Crippen LogP contribution in [0.3, 0.4) is 0 Å². The van der Waals surface area contributed by atoms with E-state index >= 15 is 0 Å². The average Bonchev–Trinajstić information content (AvgIpc) is 3.59. The number of benzene rings is 2. The summed E-state index contributed by atoms with van der Waals surface area (Å²) in [6, 6.07) is 11.7. The predicted octanol–water partition coefficient (Wildman–Crippen LogP) is 7.30. The van der Waals surface area contributed by atoms with Gasteiger partial charge in [0.2, 0.25) is 0 Å². The molecule has 0 bridgehead atoms. The van der Waals surface area contributed by atoms with Crippen LogP contribution >= 0.6 is 23.2 Å². The smallest absolute Gasteiger partial charge is 0.255 e. The summed E-state index contributed by atoms with van der Waals surface area (Å²) in [7, 11) is 0. The maximum absolute atomic E-state index is 14.6. The third kappa shape index (κ3) is 4.33. The van der Waals surface area contributed by atoms with Crippen molar-refractivity contribution in [1.29, 1.82) is 0 Å². The Labute approximate surface area is 199 Å². The fourth-order valence-corrected chi connectivity index (χ4v) is 5.23. The van der Waals surface area contributed by atoms with Crippen LogP contribution in [-0.4, -0.2) is 22.4 Å². The molecule has 0 unspecified atom stereocenters. The van der Waals surface area contributed by atoms with Crippen LogP contribution in [0.1, 0.15) is 62.8 Å². The number of hydrogen-bond donors (Lipinski definition) is 0. The molecule has 32 heavy (non-hydrogen) atoms. The number of carbonyl (C=O) groups is 1. The minimum absolute atomic E-state index is 0.0426. The van der Waals surface area contributed by atoms with Gasteiger partial charge in [-0.2, -0.15) is 0 Å². The van der Waals surface area contributed by atoms with Crippen molar-refractivity contribution < 1.29 is 13.9 Å². The number of nitrogens with zero attached hydrogens (tertiary/aromatic N) is 1. The van der Waals surface area contributed by atoms with Gasteiger partial charge >= 0.3 is 0 Å². The maximum atomic E-state index is 14.6. The molecule has 2 fully saturated rings. The first-order valence-corrected chi connectivity index (χ1v) is 11.9. The Bertz CT molecular complexity index is 1020. The van der Waals surface area contributed by atoms with Crippen molar-refractivity contribution in [3.05, 3.63) is 82.1 Å². The van der Waals surface area contributed by atoms with E-state index in [1.54, 1.807) is 24.3 Å². The second-order valence-electron chi connectivity index (χ2n) is 8.96. The lowest BCUT2D eigenvalue weighted by Gasteiger charge is -2.52. The molecule has 1 amide bonds. The van der Waals surface area contributed by atoms with E-state index in [0.717, 1.165) is 24.8 Å². The van der Waals surface area contributed by atoms with Crippen LogP contribution in [0, 0.1) is 11.7 Å². The van der Waals surface area contributed by atoms with Gasteiger partial charge in [-0.05, 0) is 67.5 Å². The Balaban J connectivity index is 1.91. The number of hydrogen-bond acceptors (Lipinski definition) is 2. The van der Waals surface area contributed by atoms with E-state index in [1.165, 1.54) is 6.07 Å². The highest BCUT2D eigenvalue weighted by Crippen LogP contribution is 2.51. The molecule has 2 aromatic carbocycles. The minimum Gasteiger partial charge on any atom is -0.355 e. The van der Waals surface area contributed by atoms with Gasteiger partial charge in [0.15, 0.2) is 0 Å². The van der Waals surface area contributed by atoms with Crippen LogP contribution < -0.4 is 0 Å². The van der Waals surface area contributed by atoms with Gasteiger partial charge in [0.25, 0.3) is 5.91 Å². The zero-order chi connectivity index (χ0) is 23.0. The molecule has 1 heterocycles. The Kier molecular flexibility index (Phi) is 6.67. The first-order chi connectivity index (χ1) is 15.3. The SMILES string of the molecule is C=CC[C@@]1(C)O[C@H](c2cccc(Cl)c2)[C@@H](c2ccc(Cl)c(F)c2)N([C@H](CC)C2CC2)C1=O. The third-order valence-electron chi connectivity index (χ3n) is 6.60. The zero-order valence-electron chi connectivity index (χ0n) is 18.4. The number of amides is 1. The van der Waals surface area contributed by atoms with Gasteiger partial charge in [0.05, 0.1) is 11.1 Å². The molecular weight excluding hydrogens is 448 g/mol. The van der Waals surface area contributed by atoms with E-state index in [-0.39, 0.29) is 17.0 Å². The molecule has 3 nitrogen and oxygen atoms in total. The normalized spacial score (nSPS) is 26.8. The van der Waals surface area contributed by atoms with E-state index in [1.807, 2.05) is 30.0 Å². The number of halogens is 3. The number of carbonyl (C=O) groups excluding carboxylic acids is 1. The minimum atomic E-state index is -1.07. The lowest BCUT2D eigenvalue weighted by Crippen LogP contribution is -2.60. The molecule has 4 rings (SSSR count). The largest absolute Gasteiger partial charge is 0.355 e. The van der Waals surface area contributed by atoms with Gasteiger partial charge in [-0.15, -0.1) is 6.58 Å². The van der Waals surface area contributed by atoms with Crippen LogP contribution in [0.5, 0.6) is 0 Å².